The van der Waals surface area contributed by atoms with Crippen molar-refractivity contribution in [2.24, 2.45) is 0 Å². The molecule has 27 heavy (non-hydrogen) atoms. The van der Waals surface area contributed by atoms with Crippen LogP contribution in [0.2, 0.25) is 0 Å². The lowest BCUT2D eigenvalue weighted by atomic mass is 10.1. The van der Waals surface area contributed by atoms with Gasteiger partial charge in [-0.25, -0.2) is 0 Å². The fourth-order valence-electron chi connectivity index (χ4n) is 3.14. The second-order valence-electron chi connectivity index (χ2n) is 6.70. The quantitative estimate of drug-likeness (QED) is 0.836. The van der Waals surface area contributed by atoms with Gasteiger partial charge in [0.25, 0.3) is 0 Å². The SMILES string of the molecule is CN1CCN(c2ccc(C(F)(F)F)cc2CNCc2ncccc2O)CC1. The van der Waals surface area contributed by atoms with Crippen LogP contribution in [0.4, 0.5) is 18.9 Å². The number of nitrogens with zero attached hydrogens (tertiary/aromatic N) is 3. The largest absolute Gasteiger partial charge is 0.506 e. The lowest BCUT2D eigenvalue weighted by Gasteiger charge is -2.35. The van der Waals surface area contributed by atoms with E-state index >= 15 is 0 Å². The molecule has 2 aromatic rings. The summed E-state index contributed by atoms with van der Waals surface area (Å²) in [6.45, 7) is 3.81. The Labute approximate surface area is 156 Å². The Balaban J connectivity index is 1.78. The molecule has 1 aromatic carbocycles. The molecule has 1 aromatic heterocycles. The zero-order valence-corrected chi connectivity index (χ0v) is 15.1. The van der Waals surface area contributed by atoms with Gasteiger partial charge >= 0.3 is 6.18 Å². The van der Waals surface area contributed by atoms with Gasteiger partial charge in [-0.15, -0.1) is 0 Å². The van der Waals surface area contributed by atoms with E-state index in [9.17, 15) is 18.3 Å². The van der Waals surface area contributed by atoms with Crippen molar-refractivity contribution >= 4 is 5.69 Å². The Hall–Kier alpha value is -2.32. The maximum absolute atomic E-state index is 13.1. The van der Waals surface area contributed by atoms with Crippen LogP contribution in [-0.2, 0) is 19.3 Å². The first kappa shape index (κ1) is 19.4. The van der Waals surface area contributed by atoms with Crippen molar-refractivity contribution in [2.75, 3.05) is 38.1 Å². The highest BCUT2D eigenvalue weighted by atomic mass is 19.4. The summed E-state index contributed by atoms with van der Waals surface area (Å²) in [6, 6.07) is 7.06. The summed E-state index contributed by atoms with van der Waals surface area (Å²) in [5.74, 6) is 0.0633. The van der Waals surface area contributed by atoms with Gasteiger partial charge in [-0.05, 0) is 42.9 Å². The topological polar surface area (TPSA) is 51.6 Å². The van der Waals surface area contributed by atoms with Crippen LogP contribution in [0.15, 0.2) is 36.5 Å². The molecule has 0 radical (unpaired) electrons. The molecule has 0 saturated carbocycles. The zero-order valence-electron chi connectivity index (χ0n) is 15.1. The van der Waals surface area contributed by atoms with Gasteiger partial charge in [-0.2, -0.15) is 13.2 Å². The lowest BCUT2D eigenvalue weighted by molar-refractivity contribution is -0.137. The van der Waals surface area contributed by atoms with Gasteiger partial charge in [-0.3, -0.25) is 4.98 Å². The molecule has 0 unspecified atom stereocenters. The summed E-state index contributed by atoms with van der Waals surface area (Å²) < 4.78 is 39.4. The van der Waals surface area contributed by atoms with E-state index in [4.69, 9.17) is 0 Å². The van der Waals surface area contributed by atoms with E-state index in [1.54, 1.807) is 18.3 Å². The predicted octanol–water partition coefficient (Wildman–Crippen LogP) is 2.85. The molecule has 0 aliphatic carbocycles. The van der Waals surface area contributed by atoms with Crippen LogP contribution in [0.3, 0.4) is 0 Å². The Morgan fingerprint density at radius 2 is 1.85 bits per heavy atom. The number of alkyl halides is 3. The Morgan fingerprint density at radius 3 is 2.52 bits per heavy atom. The summed E-state index contributed by atoms with van der Waals surface area (Å²) >= 11 is 0. The van der Waals surface area contributed by atoms with E-state index in [1.165, 1.54) is 12.1 Å². The normalized spacial score (nSPS) is 15.9. The van der Waals surface area contributed by atoms with Gasteiger partial charge in [0, 0.05) is 51.2 Å². The average Bonchev–Trinajstić information content (AvgIpc) is 2.63. The van der Waals surface area contributed by atoms with Crippen molar-refractivity contribution in [3.63, 3.8) is 0 Å². The van der Waals surface area contributed by atoms with Crippen LogP contribution in [0.25, 0.3) is 0 Å². The number of rotatable bonds is 5. The first-order valence-electron chi connectivity index (χ1n) is 8.82. The van der Waals surface area contributed by atoms with Crippen molar-refractivity contribution < 1.29 is 18.3 Å². The van der Waals surface area contributed by atoms with Crippen molar-refractivity contribution in [3.8, 4) is 5.75 Å². The second kappa shape index (κ2) is 8.14. The van der Waals surface area contributed by atoms with Gasteiger partial charge < -0.3 is 20.2 Å². The van der Waals surface area contributed by atoms with E-state index in [1.807, 2.05) is 7.05 Å². The van der Waals surface area contributed by atoms with Crippen LogP contribution in [0.1, 0.15) is 16.8 Å². The summed E-state index contributed by atoms with van der Waals surface area (Å²) in [7, 11) is 2.03. The molecule has 146 valence electrons. The van der Waals surface area contributed by atoms with Crippen LogP contribution in [0.5, 0.6) is 5.75 Å². The predicted molar refractivity (Wildman–Crippen MR) is 97.6 cm³/mol. The molecule has 0 amide bonds. The number of nitrogens with one attached hydrogen (secondary N) is 1. The number of hydrogen-bond acceptors (Lipinski definition) is 5. The fraction of sp³-hybridized carbons (Fsp3) is 0.421. The summed E-state index contributed by atoms with van der Waals surface area (Å²) in [4.78, 5) is 8.40. The number of aromatic nitrogens is 1. The highest BCUT2D eigenvalue weighted by Crippen LogP contribution is 2.33. The summed E-state index contributed by atoms with van der Waals surface area (Å²) in [5, 5.41) is 12.9. The van der Waals surface area contributed by atoms with Crippen molar-refractivity contribution in [1.82, 2.24) is 15.2 Å². The molecule has 2 heterocycles. The first-order chi connectivity index (χ1) is 12.8. The fourth-order valence-corrected chi connectivity index (χ4v) is 3.14. The lowest BCUT2D eigenvalue weighted by Crippen LogP contribution is -2.45. The van der Waals surface area contributed by atoms with E-state index in [0.29, 0.717) is 11.3 Å². The van der Waals surface area contributed by atoms with E-state index < -0.39 is 11.7 Å². The Morgan fingerprint density at radius 1 is 1.11 bits per heavy atom. The number of benzene rings is 1. The summed E-state index contributed by atoms with van der Waals surface area (Å²) in [6.07, 6.45) is -2.81. The van der Waals surface area contributed by atoms with Crippen LogP contribution in [-0.4, -0.2) is 48.2 Å². The van der Waals surface area contributed by atoms with Crippen molar-refractivity contribution in [2.45, 2.75) is 19.3 Å². The third kappa shape index (κ3) is 4.90. The third-order valence-electron chi connectivity index (χ3n) is 4.72. The first-order valence-corrected chi connectivity index (χ1v) is 8.82. The molecule has 0 spiro atoms. The van der Waals surface area contributed by atoms with Gasteiger partial charge in [0.15, 0.2) is 0 Å². The molecule has 1 aliphatic rings. The molecule has 1 aliphatic heterocycles. The van der Waals surface area contributed by atoms with E-state index in [-0.39, 0.29) is 18.8 Å². The Bertz CT molecular complexity index is 774. The molecule has 8 heteroatoms. The molecule has 1 saturated heterocycles. The molecule has 5 nitrogen and oxygen atoms in total. The molecule has 0 atom stereocenters. The van der Waals surface area contributed by atoms with Crippen molar-refractivity contribution in [1.29, 1.82) is 0 Å². The number of hydrogen-bond donors (Lipinski definition) is 2. The highest BCUT2D eigenvalue weighted by Gasteiger charge is 2.31. The van der Waals surface area contributed by atoms with Gasteiger partial charge in [-0.1, -0.05) is 0 Å². The maximum Gasteiger partial charge on any atom is 0.416 e. The van der Waals surface area contributed by atoms with Gasteiger partial charge in [0.2, 0.25) is 0 Å². The van der Waals surface area contributed by atoms with Crippen LogP contribution < -0.4 is 10.2 Å². The van der Waals surface area contributed by atoms with E-state index in [2.05, 4.69) is 20.1 Å². The summed E-state index contributed by atoms with van der Waals surface area (Å²) in [5.41, 5.74) is 1.21. The van der Waals surface area contributed by atoms with Crippen molar-refractivity contribution in [3.05, 3.63) is 53.3 Å². The van der Waals surface area contributed by atoms with Crippen LogP contribution >= 0.6 is 0 Å². The number of aromatic hydroxyl groups is 1. The highest BCUT2D eigenvalue weighted by molar-refractivity contribution is 5.56. The average molecular weight is 380 g/mol. The zero-order chi connectivity index (χ0) is 19.4. The minimum Gasteiger partial charge on any atom is -0.506 e. The van der Waals surface area contributed by atoms with Gasteiger partial charge in [0.1, 0.15) is 5.75 Å². The monoisotopic (exact) mass is 380 g/mol. The number of likely N-dealkylation sites (N-methyl/N-ethyl adjacent to an activating group) is 1. The molecule has 1 fully saturated rings. The number of anilines is 1. The Kier molecular flexibility index (Phi) is 5.86. The molecular formula is C19H23F3N4O. The van der Waals surface area contributed by atoms with E-state index in [0.717, 1.165) is 37.9 Å². The number of halogens is 3. The minimum absolute atomic E-state index is 0.0633. The van der Waals surface area contributed by atoms with Gasteiger partial charge in [0.05, 0.1) is 11.3 Å². The molecule has 2 N–H and O–H groups in total. The minimum atomic E-state index is -4.38. The smallest absolute Gasteiger partial charge is 0.416 e. The maximum atomic E-state index is 13.1. The standard InChI is InChI=1S/C19H23F3N4O/c1-25-7-9-26(10-8-25)17-5-4-15(19(20,21)22)11-14(17)12-23-13-16-18(27)3-2-6-24-16/h2-6,11,23,27H,7-10,12-13H2,1H3. The molecule has 3 rings (SSSR count). The molecule has 0 bridgehead atoms. The number of pyridine rings is 1. The van der Waals surface area contributed by atoms with Crippen LogP contribution in [0, 0.1) is 0 Å². The number of piperazine rings is 1. The molecular weight excluding hydrogens is 357 g/mol. The third-order valence-corrected chi connectivity index (χ3v) is 4.72. The second-order valence-corrected chi connectivity index (χ2v) is 6.70.